The molecule has 3 aromatic rings. The van der Waals surface area contributed by atoms with Crippen molar-refractivity contribution >= 4 is 34.9 Å². The van der Waals surface area contributed by atoms with Gasteiger partial charge in [-0.25, -0.2) is 9.48 Å². The maximum atomic E-state index is 13.0. The molecule has 0 aliphatic carbocycles. The van der Waals surface area contributed by atoms with Gasteiger partial charge in [0.1, 0.15) is 6.04 Å². The third-order valence-corrected chi connectivity index (χ3v) is 6.15. The Labute approximate surface area is 196 Å². The van der Waals surface area contributed by atoms with Crippen LogP contribution in [0.25, 0.3) is 5.69 Å². The van der Waals surface area contributed by atoms with Gasteiger partial charge in [0.15, 0.2) is 0 Å². The second kappa shape index (κ2) is 9.15. The molecule has 1 aliphatic heterocycles. The molecule has 2 heterocycles. The molecule has 0 bridgehead atoms. The number of carbonyl (C=O) groups excluding carboxylic acids is 2. The Morgan fingerprint density at radius 3 is 2.21 bits per heavy atom. The van der Waals surface area contributed by atoms with Crippen molar-refractivity contribution in [3.63, 3.8) is 0 Å². The van der Waals surface area contributed by atoms with Crippen molar-refractivity contribution in [3.8, 4) is 5.69 Å². The SMILES string of the molecule is Cc1cc(=O)n(-c2ccc(NC(=O)[C@H]3C[C@@H](C)CN3C(=O)Nc3ccc(Cl)cc3)cc2)n1C. The number of benzene rings is 2. The Balaban J connectivity index is 1.45. The van der Waals surface area contributed by atoms with Gasteiger partial charge in [0.2, 0.25) is 5.91 Å². The third kappa shape index (κ3) is 4.80. The van der Waals surface area contributed by atoms with Crippen LogP contribution in [0.1, 0.15) is 19.0 Å². The van der Waals surface area contributed by atoms with Gasteiger partial charge in [0.25, 0.3) is 5.56 Å². The summed E-state index contributed by atoms with van der Waals surface area (Å²) in [6.07, 6.45) is 0.579. The van der Waals surface area contributed by atoms with Gasteiger partial charge in [0, 0.05) is 41.8 Å². The first-order chi connectivity index (χ1) is 15.7. The van der Waals surface area contributed by atoms with Crippen molar-refractivity contribution in [1.82, 2.24) is 14.3 Å². The second-order valence-corrected chi connectivity index (χ2v) is 8.88. The Morgan fingerprint density at radius 1 is 1.00 bits per heavy atom. The van der Waals surface area contributed by atoms with Crippen molar-refractivity contribution in [2.75, 3.05) is 17.2 Å². The van der Waals surface area contributed by atoms with Gasteiger partial charge in [-0.05, 0) is 67.8 Å². The standard InChI is InChI=1S/C24H26ClN5O3/c1-15-12-21(29(14-15)24(33)27-19-6-4-17(25)5-7-19)23(32)26-18-8-10-20(11-9-18)30-22(31)13-16(2)28(30)3/h4-11,13,15,21H,12,14H2,1-3H3,(H,26,32)(H,27,33)/t15-,21-/m1/s1. The van der Waals surface area contributed by atoms with E-state index in [-0.39, 0.29) is 23.4 Å². The van der Waals surface area contributed by atoms with Crippen LogP contribution < -0.4 is 16.2 Å². The first kappa shape index (κ1) is 22.7. The smallest absolute Gasteiger partial charge is 0.322 e. The number of carbonyl (C=O) groups is 2. The maximum Gasteiger partial charge on any atom is 0.322 e. The molecule has 9 heteroatoms. The van der Waals surface area contributed by atoms with Crippen molar-refractivity contribution in [2.45, 2.75) is 26.3 Å². The van der Waals surface area contributed by atoms with Gasteiger partial charge in [-0.15, -0.1) is 0 Å². The van der Waals surface area contributed by atoms with Gasteiger partial charge in [-0.1, -0.05) is 18.5 Å². The number of urea groups is 1. The van der Waals surface area contributed by atoms with Crippen LogP contribution >= 0.6 is 11.6 Å². The van der Waals surface area contributed by atoms with Crippen molar-refractivity contribution in [2.24, 2.45) is 13.0 Å². The molecule has 33 heavy (non-hydrogen) atoms. The monoisotopic (exact) mass is 467 g/mol. The van der Waals surface area contributed by atoms with Gasteiger partial charge in [-0.3, -0.25) is 14.3 Å². The fraction of sp³-hybridized carbons (Fsp3) is 0.292. The summed E-state index contributed by atoms with van der Waals surface area (Å²) < 4.78 is 3.33. The quantitative estimate of drug-likeness (QED) is 0.607. The molecule has 2 aromatic carbocycles. The molecule has 2 N–H and O–H groups in total. The number of hydrogen-bond donors (Lipinski definition) is 2. The molecule has 1 fully saturated rings. The van der Waals surface area contributed by atoms with Gasteiger partial charge in [-0.2, -0.15) is 0 Å². The summed E-state index contributed by atoms with van der Waals surface area (Å²) in [5.74, 6) is -0.0446. The highest BCUT2D eigenvalue weighted by Crippen LogP contribution is 2.26. The minimum Gasteiger partial charge on any atom is -0.324 e. The average molecular weight is 468 g/mol. The largest absolute Gasteiger partial charge is 0.324 e. The minimum atomic E-state index is -0.579. The zero-order valence-corrected chi connectivity index (χ0v) is 19.5. The number of nitrogens with zero attached hydrogens (tertiary/aromatic N) is 3. The van der Waals surface area contributed by atoms with Gasteiger partial charge in [0.05, 0.1) is 5.69 Å². The van der Waals surface area contributed by atoms with Crippen LogP contribution in [0, 0.1) is 12.8 Å². The molecular formula is C24H26ClN5O3. The van der Waals surface area contributed by atoms with Crippen molar-refractivity contribution < 1.29 is 9.59 Å². The Bertz CT molecular complexity index is 1230. The van der Waals surface area contributed by atoms with E-state index in [2.05, 4.69) is 10.6 Å². The molecule has 2 atom stereocenters. The number of nitrogens with one attached hydrogen (secondary N) is 2. The lowest BCUT2D eigenvalue weighted by Crippen LogP contribution is -2.45. The summed E-state index contributed by atoms with van der Waals surface area (Å²) in [5, 5.41) is 6.32. The molecule has 1 aliphatic rings. The molecule has 0 spiro atoms. The zero-order valence-electron chi connectivity index (χ0n) is 18.7. The molecule has 8 nitrogen and oxygen atoms in total. The van der Waals surface area contributed by atoms with Crippen molar-refractivity contribution in [1.29, 1.82) is 0 Å². The van der Waals surface area contributed by atoms with E-state index < -0.39 is 6.04 Å². The minimum absolute atomic E-state index is 0.117. The molecular weight excluding hydrogens is 442 g/mol. The van der Waals surface area contributed by atoms with Crippen LogP contribution in [-0.4, -0.2) is 38.8 Å². The summed E-state index contributed by atoms with van der Waals surface area (Å²) in [7, 11) is 1.82. The van der Waals surface area contributed by atoms with E-state index in [9.17, 15) is 14.4 Å². The number of anilines is 2. The number of amides is 3. The first-order valence-corrected chi connectivity index (χ1v) is 11.1. The third-order valence-electron chi connectivity index (χ3n) is 5.90. The second-order valence-electron chi connectivity index (χ2n) is 8.44. The van der Waals surface area contributed by atoms with E-state index in [0.29, 0.717) is 35.1 Å². The zero-order chi connectivity index (χ0) is 23.7. The summed E-state index contributed by atoms with van der Waals surface area (Å²) >= 11 is 5.90. The van der Waals surface area contributed by atoms with Crippen LogP contribution in [0.15, 0.2) is 59.4 Å². The predicted octanol–water partition coefficient (Wildman–Crippen LogP) is 4.02. The van der Waals surface area contributed by atoms with Crippen LogP contribution in [0.5, 0.6) is 0 Å². The fourth-order valence-corrected chi connectivity index (χ4v) is 4.22. The summed E-state index contributed by atoms with van der Waals surface area (Å²) in [4.78, 5) is 39.6. The lowest BCUT2D eigenvalue weighted by molar-refractivity contribution is -0.119. The summed E-state index contributed by atoms with van der Waals surface area (Å²) in [6.45, 7) is 4.38. The number of likely N-dealkylation sites (tertiary alicyclic amines) is 1. The Kier molecular flexibility index (Phi) is 6.29. The molecule has 0 unspecified atom stereocenters. The van der Waals surface area contributed by atoms with Crippen LogP contribution in [0.3, 0.4) is 0 Å². The highest BCUT2D eigenvalue weighted by atomic mass is 35.5. The molecule has 1 saturated heterocycles. The first-order valence-electron chi connectivity index (χ1n) is 10.7. The van der Waals surface area contributed by atoms with E-state index in [1.807, 2.05) is 20.9 Å². The summed E-state index contributed by atoms with van der Waals surface area (Å²) in [5.41, 5.74) is 2.65. The number of rotatable bonds is 4. The van der Waals surface area contributed by atoms with Crippen LogP contribution in [0.2, 0.25) is 5.02 Å². The predicted molar refractivity (Wildman–Crippen MR) is 129 cm³/mol. The van der Waals surface area contributed by atoms with Crippen LogP contribution in [-0.2, 0) is 11.8 Å². The number of aromatic nitrogens is 2. The number of aryl methyl sites for hydroxylation is 1. The van der Waals surface area contributed by atoms with Crippen LogP contribution in [0.4, 0.5) is 16.2 Å². The normalized spacial score (nSPS) is 17.8. The molecule has 1 aromatic heterocycles. The molecule has 0 radical (unpaired) electrons. The summed E-state index contributed by atoms with van der Waals surface area (Å²) in [6, 6.07) is 14.5. The van der Waals surface area contributed by atoms with Crippen molar-refractivity contribution in [3.05, 3.63) is 75.7 Å². The highest BCUT2D eigenvalue weighted by Gasteiger charge is 2.38. The maximum absolute atomic E-state index is 13.0. The average Bonchev–Trinajstić information content (AvgIpc) is 3.29. The Hall–Kier alpha value is -3.52. The van der Waals surface area contributed by atoms with E-state index in [0.717, 1.165) is 5.69 Å². The van der Waals surface area contributed by atoms with E-state index in [1.54, 1.807) is 68.9 Å². The topological polar surface area (TPSA) is 88.4 Å². The van der Waals surface area contributed by atoms with E-state index in [1.165, 1.54) is 0 Å². The molecule has 3 amide bonds. The van der Waals surface area contributed by atoms with Gasteiger partial charge < -0.3 is 15.5 Å². The molecule has 172 valence electrons. The molecule has 4 rings (SSSR count). The fourth-order valence-electron chi connectivity index (χ4n) is 4.10. The van der Waals surface area contributed by atoms with Gasteiger partial charge >= 0.3 is 6.03 Å². The lowest BCUT2D eigenvalue weighted by Gasteiger charge is -2.24. The molecule has 0 saturated carbocycles. The highest BCUT2D eigenvalue weighted by molar-refractivity contribution is 6.30. The lowest BCUT2D eigenvalue weighted by atomic mass is 10.1. The number of halogens is 1. The Morgan fingerprint density at radius 2 is 1.61 bits per heavy atom. The van der Waals surface area contributed by atoms with E-state index in [4.69, 9.17) is 11.6 Å². The number of hydrogen-bond acceptors (Lipinski definition) is 3. The van der Waals surface area contributed by atoms with E-state index >= 15 is 0 Å².